The van der Waals surface area contributed by atoms with Crippen LogP contribution in [0.15, 0.2) is 36.9 Å². The van der Waals surface area contributed by atoms with E-state index in [1.54, 1.807) is 29.1 Å². The molecular weight excluding hydrogens is 303 g/mol. The van der Waals surface area contributed by atoms with Crippen molar-refractivity contribution in [1.82, 2.24) is 20.2 Å². The summed E-state index contributed by atoms with van der Waals surface area (Å²) >= 11 is 0. The summed E-state index contributed by atoms with van der Waals surface area (Å²) in [6.45, 7) is 0.442. The zero-order valence-electron chi connectivity index (χ0n) is 12.3. The van der Waals surface area contributed by atoms with E-state index in [1.165, 1.54) is 12.4 Å². The normalized spacial score (nSPS) is 10.3. The molecule has 0 bridgehead atoms. The van der Waals surface area contributed by atoms with Gasteiger partial charge in [-0.2, -0.15) is 0 Å². The van der Waals surface area contributed by atoms with Crippen molar-refractivity contribution in [3.8, 4) is 5.69 Å². The largest absolute Gasteiger partial charge is 0.481 e. The molecule has 0 saturated heterocycles. The third-order valence-electron chi connectivity index (χ3n) is 3.10. The maximum absolute atomic E-state index is 14.0. The standard InChI is InChI=1S/C15H17FN4O3/c16-12-8-11(3-4-13(12)20-7-6-17-10-20)9-19-15(23)18-5-1-2-14(21)22/h3-4,6-8,10H,1-2,5,9H2,(H,21,22)(H2,18,19,23). The summed E-state index contributed by atoms with van der Waals surface area (Å²) in [7, 11) is 0. The molecule has 0 unspecified atom stereocenters. The molecule has 0 aliphatic carbocycles. The number of carboxylic acids is 1. The van der Waals surface area contributed by atoms with Gasteiger partial charge in [-0.05, 0) is 24.1 Å². The minimum atomic E-state index is -0.902. The molecule has 3 N–H and O–H groups in total. The second-order valence-corrected chi connectivity index (χ2v) is 4.86. The fourth-order valence-electron chi connectivity index (χ4n) is 1.96. The number of rotatable bonds is 7. The Bertz CT molecular complexity index is 673. The maximum Gasteiger partial charge on any atom is 0.315 e. The fraction of sp³-hybridized carbons (Fsp3) is 0.267. The van der Waals surface area contributed by atoms with Crippen LogP contribution in [0.4, 0.5) is 9.18 Å². The number of aliphatic carboxylic acids is 1. The number of hydrogen-bond acceptors (Lipinski definition) is 3. The van der Waals surface area contributed by atoms with E-state index in [4.69, 9.17) is 5.11 Å². The van der Waals surface area contributed by atoms with Crippen molar-refractivity contribution in [1.29, 1.82) is 0 Å². The van der Waals surface area contributed by atoms with E-state index in [0.29, 0.717) is 17.7 Å². The first-order valence-corrected chi connectivity index (χ1v) is 7.06. The molecular formula is C15H17FN4O3. The molecule has 0 saturated carbocycles. The minimum absolute atomic E-state index is 0.00119. The number of carbonyl (C=O) groups is 2. The van der Waals surface area contributed by atoms with Crippen LogP contribution < -0.4 is 10.6 Å². The molecule has 122 valence electrons. The molecule has 0 aliphatic heterocycles. The molecule has 2 rings (SSSR count). The number of halogens is 1. The lowest BCUT2D eigenvalue weighted by Crippen LogP contribution is -2.35. The molecule has 1 aromatic heterocycles. The highest BCUT2D eigenvalue weighted by Crippen LogP contribution is 2.14. The van der Waals surface area contributed by atoms with Crippen molar-refractivity contribution in [2.45, 2.75) is 19.4 Å². The number of benzene rings is 1. The van der Waals surface area contributed by atoms with Gasteiger partial charge in [0.15, 0.2) is 0 Å². The van der Waals surface area contributed by atoms with Gasteiger partial charge in [-0.15, -0.1) is 0 Å². The number of nitrogens with one attached hydrogen (secondary N) is 2. The molecule has 0 fully saturated rings. The summed E-state index contributed by atoms with van der Waals surface area (Å²) in [5, 5.41) is 13.6. The van der Waals surface area contributed by atoms with E-state index in [1.807, 2.05) is 0 Å². The molecule has 1 heterocycles. The third kappa shape index (κ3) is 5.10. The predicted octanol–water partition coefficient (Wildman–Crippen LogP) is 1.68. The van der Waals surface area contributed by atoms with Crippen molar-refractivity contribution < 1.29 is 19.1 Å². The summed E-state index contributed by atoms with van der Waals surface area (Å²) in [6, 6.07) is 4.25. The topological polar surface area (TPSA) is 96.3 Å². The molecule has 1 aromatic carbocycles. The first kappa shape index (κ1) is 16.5. The number of urea groups is 1. The van der Waals surface area contributed by atoms with Crippen LogP contribution in [0.5, 0.6) is 0 Å². The average molecular weight is 320 g/mol. The van der Waals surface area contributed by atoms with E-state index in [2.05, 4.69) is 15.6 Å². The van der Waals surface area contributed by atoms with Crippen molar-refractivity contribution in [3.63, 3.8) is 0 Å². The van der Waals surface area contributed by atoms with Crippen LogP contribution in [0.25, 0.3) is 5.69 Å². The SMILES string of the molecule is O=C(O)CCCNC(=O)NCc1ccc(-n2ccnc2)c(F)c1. The molecule has 0 radical (unpaired) electrons. The van der Waals surface area contributed by atoms with Crippen LogP contribution in [-0.4, -0.2) is 33.2 Å². The lowest BCUT2D eigenvalue weighted by atomic mass is 10.2. The Morgan fingerprint density at radius 2 is 2.13 bits per heavy atom. The molecule has 23 heavy (non-hydrogen) atoms. The summed E-state index contributed by atoms with van der Waals surface area (Å²) in [5.74, 6) is -1.31. The van der Waals surface area contributed by atoms with Gasteiger partial charge in [-0.25, -0.2) is 14.2 Å². The quantitative estimate of drug-likeness (QED) is 0.676. The Morgan fingerprint density at radius 1 is 1.30 bits per heavy atom. The second kappa shape index (κ2) is 7.92. The maximum atomic E-state index is 14.0. The molecule has 2 aromatic rings. The number of carboxylic acid groups (broad SMARTS) is 1. The van der Waals surface area contributed by atoms with Gasteiger partial charge in [-0.1, -0.05) is 6.07 Å². The van der Waals surface area contributed by atoms with Crippen LogP contribution >= 0.6 is 0 Å². The molecule has 2 amide bonds. The van der Waals surface area contributed by atoms with E-state index in [0.717, 1.165) is 0 Å². The fourth-order valence-corrected chi connectivity index (χ4v) is 1.96. The monoisotopic (exact) mass is 320 g/mol. The average Bonchev–Trinajstić information content (AvgIpc) is 3.03. The zero-order chi connectivity index (χ0) is 16.7. The lowest BCUT2D eigenvalue weighted by molar-refractivity contribution is -0.137. The summed E-state index contributed by atoms with van der Waals surface area (Å²) in [4.78, 5) is 25.7. The third-order valence-corrected chi connectivity index (χ3v) is 3.10. The van der Waals surface area contributed by atoms with E-state index in [9.17, 15) is 14.0 Å². The van der Waals surface area contributed by atoms with Gasteiger partial charge in [0.05, 0.1) is 12.0 Å². The smallest absolute Gasteiger partial charge is 0.315 e. The number of nitrogens with zero attached hydrogens (tertiary/aromatic N) is 2. The highest BCUT2D eigenvalue weighted by Gasteiger charge is 2.06. The van der Waals surface area contributed by atoms with Gasteiger partial charge in [0.25, 0.3) is 0 Å². The van der Waals surface area contributed by atoms with Crippen LogP contribution in [0.3, 0.4) is 0 Å². The Morgan fingerprint density at radius 3 is 2.78 bits per heavy atom. The van der Waals surface area contributed by atoms with E-state index in [-0.39, 0.29) is 19.5 Å². The van der Waals surface area contributed by atoms with E-state index >= 15 is 0 Å². The van der Waals surface area contributed by atoms with Gasteiger partial charge >= 0.3 is 12.0 Å². The van der Waals surface area contributed by atoms with Gasteiger partial charge in [0.1, 0.15) is 5.82 Å². The minimum Gasteiger partial charge on any atom is -0.481 e. The molecule has 0 spiro atoms. The number of carbonyl (C=O) groups excluding carboxylic acids is 1. The Labute approximate surface area is 132 Å². The van der Waals surface area contributed by atoms with Crippen LogP contribution in [-0.2, 0) is 11.3 Å². The number of amides is 2. The second-order valence-electron chi connectivity index (χ2n) is 4.86. The van der Waals surface area contributed by atoms with Crippen molar-refractivity contribution in [2.24, 2.45) is 0 Å². The van der Waals surface area contributed by atoms with Gasteiger partial charge in [0, 0.05) is 31.9 Å². The first-order valence-electron chi connectivity index (χ1n) is 7.06. The number of imidazole rings is 1. The predicted molar refractivity (Wildman–Crippen MR) is 80.6 cm³/mol. The molecule has 0 atom stereocenters. The highest BCUT2D eigenvalue weighted by molar-refractivity contribution is 5.74. The summed E-state index contributed by atoms with van der Waals surface area (Å²) < 4.78 is 15.6. The first-order chi connectivity index (χ1) is 11.1. The van der Waals surface area contributed by atoms with Crippen molar-refractivity contribution in [3.05, 3.63) is 48.3 Å². The van der Waals surface area contributed by atoms with Gasteiger partial charge in [-0.3, -0.25) is 4.79 Å². The molecule has 7 nitrogen and oxygen atoms in total. The summed E-state index contributed by atoms with van der Waals surface area (Å²) in [5.41, 5.74) is 0.997. The Hall–Kier alpha value is -2.90. The van der Waals surface area contributed by atoms with Crippen LogP contribution in [0.1, 0.15) is 18.4 Å². The van der Waals surface area contributed by atoms with Crippen molar-refractivity contribution in [2.75, 3.05) is 6.54 Å². The molecule has 0 aliphatic rings. The van der Waals surface area contributed by atoms with Crippen molar-refractivity contribution >= 4 is 12.0 Å². The number of aromatic nitrogens is 2. The van der Waals surface area contributed by atoms with Gasteiger partial charge < -0.3 is 20.3 Å². The zero-order valence-corrected chi connectivity index (χ0v) is 12.3. The summed E-state index contributed by atoms with van der Waals surface area (Å²) in [6.07, 6.45) is 5.06. The van der Waals surface area contributed by atoms with Crippen LogP contribution in [0, 0.1) is 5.82 Å². The number of hydrogen-bond donors (Lipinski definition) is 3. The highest BCUT2D eigenvalue weighted by atomic mass is 19.1. The van der Waals surface area contributed by atoms with Gasteiger partial charge in [0.2, 0.25) is 0 Å². The Balaban J connectivity index is 1.81. The van der Waals surface area contributed by atoms with Crippen LogP contribution in [0.2, 0.25) is 0 Å². The van der Waals surface area contributed by atoms with E-state index < -0.39 is 17.8 Å². The molecule has 8 heteroatoms. The lowest BCUT2D eigenvalue weighted by Gasteiger charge is -2.09. The Kier molecular flexibility index (Phi) is 5.67.